The minimum Gasteiger partial charge on any atom is -0.396 e. The van der Waals surface area contributed by atoms with Crippen LogP contribution in [0.15, 0.2) is 4.90 Å². The Hall–Kier alpha value is -0.930. The van der Waals surface area contributed by atoms with Crippen LogP contribution >= 0.6 is 23.1 Å². The number of thiophene rings is 1. The minimum absolute atomic E-state index is 0.0439. The van der Waals surface area contributed by atoms with E-state index in [-0.39, 0.29) is 17.7 Å². The van der Waals surface area contributed by atoms with Crippen molar-refractivity contribution in [2.45, 2.75) is 23.8 Å². The second-order valence-corrected chi connectivity index (χ2v) is 9.11. The molecular weight excluding hydrogens is 330 g/mol. The van der Waals surface area contributed by atoms with Gasteiger partial charge >= 0.3 is 0 Å². The van der Waals surface area contributed by atoms with Crippen LogP contribution in [0.1, 0.15) is 22.5 Å². The molecule has 1 aliphatic carbocycles. The number of hydrogen-bond donors (Lipinski definition) is 3. The standard InChI is InChI=1S/C12H19N3O3S3/c1-19-10-8(13)9(11(16)15-7-3-4-7)20-12(10)14-5-6-21(2,17)18/h7,14H,3-6,13H2,1-2H3,(H,15,16). The highest BCUT2D eigenvalue weighted by molar-refractivity contribution is 7.99. The molecule has 0 radical (unpaired) electrons. The number of nitrogen functional groups attached to an aromatic ring is 1. The monoisotopic (exact) mass is 349 g/mol. The van der Waals surface area contributed by atoms with Gasteiger partial charge in [-0.25, -0.2) is 8.42 Å². The fourth-order valence-corrected chi connectivity index (χ4v) is 4.18. The summed E-state index contributed by atoms with van der Waals surface area (Å²) in [6.07, 6.45) is 5.11. The van der Waals surface area contributed by atoms with E-state index in [2.05, 4.69) is 10.6 Å². The molecule has 1 aromatic heterocycles. The molecule has 0 spiro atoms. The Morgan fingerprint density at radius 3 is 2.67 bits per heavy atom. The first-order chi connectivity index (χ1) is 9.81. The van der Waals surface area contributed by atoms with Crippen molar-refractivity contribution in [1.29, 1.82) is 0 Å². The summed E-state index contributed by atoms with van der Waals surface area (Å²) in [4.78, 5) is 13.4. The molecule has 0 saturated heterocycles. The number of amides is 1. The highest BCUT2D eigenvalue weighted by Gasteiger charge is 2.27. The predicted octanol–water partition coefficient (Wildman–Crippen LogP) is 1.40. The molecule has 0 bridgehead atoms. The average molecular weight is 350 g/mol. The van der Waals surface area contributed by atoms with Crippen molar-refractivity contribution in [1.82, 2.24) is 5.32 Å². The quantitative estimate of drug-likeness (QED) is 0.643. The summed E-state index contributed by atoms with van der Waals surface area (Å²) in [5.74, 6) is -0.103. The van der Waals surface area contributed by atoms with E-state index in [0.717, 1.165) is 22.7 Å². The van der Waals surface area contributed by atoms with E-state index in [4.69, 9.17) is 5.73 Å². The second kappa shape index (κ2) is 6.45. The number of carbonyl (C=O) groups is 1. The van der Waals surface area contributed by atoms with Crippen molar-refractivity contribution in [2.24, 2.45) is 0 Å². The van der Waals surface area contributed by atoms with Crippen LogP contribution in [0, 0.1) is 0 Å². The first-order valence-corrected chi connectivity index (χ1v) is 10.6. The molecule has 0 unspecified atom stereocenters. The van der Waals surface area contributed by atoms with E-state index in [1.54, 1.807) is 0 Å². The maximum atomic E-state index is 12.1. The van der Waals surface area contributed by atoms with Gasteiger partial charge in [-0.2, -0.15) is 0 Å². The molecule has 0 aliphatic heterocycles. The summed E-state index contributed by atoms with van der Waals surface area (Å²) < 4.78 is 22.3. The van der Waals surface area contributed by atoms with Gasteiger partial charge in [0.15, 0.2) is 0 Å². The smallest absolute Gasteiger partial charge is 0.263 e. The predicted molar refractivity (Wildman–Crippen MR) is 89.2 cm³/mol. The van der Waals surface area contributed by atoms with Crippen LogP contribution in [0.5, 0.6) is 0 Å². The molecule has 0 aromatic carbocycles. The third kappa shape index (κ3) is 4.52. The zero-order valence-corrected chi connectivity index (χ0v) is 14.4. The van der Waals surface area contributed by atoms with Crippen molar-refractivity contribution in [3.05, 3.63) is 4.88 Å². The van der Waals surface area contributed by atoms with E-state index in [1.165, 1.54) is 29.4 Å². The van der Waals surface area contributed by atoms with Gasteiger partial charge in [-0.15, -0.1) is 23.1 Å². The number of hydrogen-bond acceptors (Lipinski definition) is 7. The van der Waals surface area contributed by atoms with Gasteiger partial charge in [0.25, 0.3) is 5.91 Å². The second-order valence-electron chi connectivity index (χ2n) is 5.01. The van der Waals surface area contributed by atoms with Gasteiger partial charge in [0.05, 0.1) is 16.3 Å². The molecule has 118 valence electrons. The van der Waals surface area contributed by atoms with Crippen LogP contribution in [-0.4, -0.2) is 45.2 Å². The van der Waals surface area contributed by atoms with Crippen molar-refractivity contribution in [3.63, 3.8) is 0 Å². The largest absolute Gasteiger partial charge is 0.396 e. The van der Waals surface area contributed by atoms with E-state index in [1.807, 2.05) is 6.26 Å². The van der Waals surface area contributed by atoms with Crippen molar-refractivity contribution < 1.29 is 13.2 Å². The van der Waals surface area contributed by atoms with Crippen LogP contribution < -0.4 is 16.4 Å². The van der Waals surface area contributed by atoms with Gasteiger partial charge < -0.3 is 16.4 Å². The number of nitrogens with one attached hydrogen (secondary N) is 2. The van der Waals surface area contributed by atoms with Crippen LogP contribution in [0.2, 0.25) is 0 Å². The molecule has 1 amide bonds. The Balaban J connectivity index is 2.11. The number of nitrogens with two attached hydrogens (primary N) is 1. The molecule has 9 heteroatoms. The first-order valence-electron chi connectivity index (χ1n) is 6.50. The third-order valence-corrected chi connectivity index (χ3v) is 6.05. The van der Waals surface area contributed by atoms with Crippen molar-refractivity contribution in [3.8, 4) is 0 Å². The minimum atomic E-state index is -3.02. The number of thioether (sulfide) groups is 1. The summed E-state index contributed by atoms with van der Waals surface area (Å²) in [6.45, 7) is 0.302. The maximum absolute atomic E-state index is 12.1. The molecule has 1 aliphatic rings. The van der Waals surface area contributed by atoms with Gasteiger partial charge in [-0.3, -0.25) is 4.79 Å². The molecule has 2 rings (SSSR count). The lowest BCUT2D eigenvalue weighted by molar-refractivity contribution is 0.0956. The highest BCUT2D eigenvalue weighted by Crippen LogP contribution is 2.41. The average Bonchev–Trinajstić information content (AvgIpc) is 3.12. The van der Waals surface area contributed by atoms with Crippen LogP contribution in [0.25, 0.3) is 0 Å². The highest BCUT2D eigenvalue weighted by atomic mass is 32.2. The van der Waals surface area contributed by atoms with Crippen molar-refractivity contribution in [2.75, 3.05) is 35.9 Å². The number of sulfone groups is 1. The lowest BCUT2D eigenvalue weighted by atomic mass is 10.3. The van der Waals surface area contributed by atoms with E-state index in [0.29, 0.717) is 17.1 Å². The first kappa shape index (κ1) is 16.4. The molecule has 0 atom stereocenters. The lowest BCUT2D eigenvalue weighted by Crippen LogP contribution is -2.25. The molecule has 4 N–H and O–H groups in total. The summed E-state index contributed by atoms with van der Waals surface area (Å²) in [5.41, 5.74) is 6.51. The zero-order chi connectivity index (χ0) is 15.6. The summed E-state index contributed by atoms with van der Waals surface area (Å²) >= 11 is 2.72. The fourth-order valence-electron chi connectivity index (χ4n) is 1.75. The molecule has 1 heterocycles. The van der Waals surface area contributed by atoms with Crippen LogP contribution in [-0.2, 0) is 9.84 Å². The number of rotatable bonds is 7. The molecule has 21 heavy (non-hydrogen) atoms. The lowest BCUT2D eigenvalue weighted by Gasteiger charge is -2.05. The maximum Gasteiger partial charge on any atom is 0.263 e. The van der Waals surface area contributed by atoms with Gasteiger partial charge in [-0.05, 0) is 19.1 Å². The Bertz CT molecular complexity index is 636. The molecule has 1 aromatic rings. The SMILES string of the molecule is CSc1c(NCCS(C)(=O)=O)sc(C(=O)NC2CC2)c1N. The van der Waals surface area contributed by atoms with Crippen LogP contribution in [0.4, 0.5) is 10.7 Å². The van der Waals surface area contributed by atoms with E-state index >= 15 is 0 Å². The molecular formula is C12H19N3O3S3. The molecule has 1 saturated carbocycles. The van der Waals surface area contributed by atoms with Crippen LogP contribution in [0.3, 0.4) is 0 Å². The molecule has 1 fully saturated rings. The summed E-state index contributed by atoms with van der Waals surface area (Å²) in [6, 6.07) is 0.276. The number of anilines is 2. The Labute approximate surface area is 132 Å². The third-order valence-electron chi connectivity index (χ3n) is 2.98. The Morgan fingerprint density at radius 2 is 2.14 bits per heavy atom. The Kier molecular flexibility index (Phi) is 5.05. The normalized spacial score (nSPS) is 15.0. The summed E-state index contributed by atoms with van der Waals surface area (Å²) in [7, 11) is -3.02. The zero-order valence-electron chi connectivity index (χ0n) is 11.9. The Morgan fingerprint density at radius 1 is 1.48 bits per heavy atom. The number of carbonyl (C=O) groups excluding carboxylic acids is 1. The van der Waals surface area contributed by atoms with Gasteiger partial charge in [0.2, 0.25) is 0 Å². The van der Waals surface area contributed by atoms with Gasteiger partial charge in [0, 0.05) is 18.8 Å². The van der Waals surface area contributed by atoms with Gasteiger partial charge in [-0.1, -0.05) is 0 Å². The fraction of sp³-hybridized carbons (Fsp3) is 0.583. The summed E-state index contributed by atoms with van der Waals surface area (Å²) in [5, 5.41) is 6.73. The molecule has 6 nitrogen and oxygen atoms in total. The van der Waals surface area contributed by atoms with Crippen molar-refractivity contribution >= 4 is 49.5 Å². The van der Waals surface area contributed by atoms with E-state index in [9.17, 15) is 13.2 Å². The van der Waals surface area contributed by atoms with E-state index < -0.39 is 9.84 Å². The topological polar surface area (TPSA) is 101 Å². The van der Waals surface area contributed by atoms with Gasteiger partial charge in [0.1, 0.15) is 19.7 Å².